The zero-order valence-corrected chi connectivity index (χ0v) is 17.9. The molecular weight excluding hydrogens is 376 g/mol. The molecule has 0 aliphatic heterocycles. The smallest absolute Gasteiger partial charge is 0.199 e. The molecule has 0 radical (unpaired) electrons. The van der Waals surface area contributed by atoms with Gasteiger partial charge in [-0.1, -0.05) is 13.8 Å². The molecule has 5 nitrogen and oxygen atoms in total. The van der Waals surface area contributed by atoms with Crippen LogP contribution in [0.4, 0.5) is 0 Å². The summed E-state index contributed by atoms with van der Waals surface area (Å²) in [4.78, 5) is 1.43. The Labute approximate surface area is 170 Å². The summed E-state index contributed by atoms with van der Waals surface area (Å²) >= 11 is 0. The molecule has 0 aromatic heterocycles. The molecule has 0 fully saturated rings. The molecule has 0 spiro atoms. The van der Waals surface area contributed by atoms with Crippen LogP contribution >= 0.6 is 0 Å². The number of hydrogen-bond acceptors (Lipinski definition) is 5. The van der Waals surface area contributed by atoms with Gasteiger partial charge in [0.15, 0.2) is 12.6 Å². The predicted molar refractivity (Wildman–Crippen MR) is 110 cm³/mol. The fourth-order valence-electron chi connectivity index (χ4n) is 2.57. The Balaban J connectivity index is 2.01. The summed E-state index contributed by atoms with van der Waals surface area (Å²) in [5, 5.41) is 0. The van der Waals surface area contributed by atoms with Crippen LogP contribution in [0.1, 0.15) is 40.5 Å². The topological polar surface area (TPSA) is 54.0 Å². The van der Waals surface area contributed by atoms with E-state index in [0.29, 0.717) is 34.5 Å². The van der Waals surface area contributed by atoms with Gasteiger partial charge in [0.2, 0.25) is 0 Å². The molecule has 2 aromatic carbocycles. The Hall–Kier alpha value is -1.89. The van der Waals surface area contributed by atoms with E-state index in [1.807, 2.05) is 76.2 Å². The number of ether oxygens (including phenoxy) is 4. The normalized spacial score (nSPS) is 14.3. The van der Waals surface area contributed by atoms with Crippen molar-refractivity contribution in [2.75, 3.05) is 13.2 Å². The molecule has 0 saturated carbocycles. The summed E-state index contributed by atoms with van der Waals surface area (Å²) in [6.07, 6.45) is 0.992. The lowest BCUT2D eigenvalue weighted by atomic mass is 10.3. The maximum Gasteiger partial charge on any atom is 0.199 e. The van der Waals surface area contributed by atoms with Crippen LogP contribution in [0.5, 0.6) is 11.5 Å². The molecule has 0 saturated heterocycles. The SMILES string of the molecule is CCOC(CC)Oc1ccc(S(=O)c2ccc(OC(CC)OCC)cc2)cc1. The number of hydrogen-bond donors (Lipinski definition) is 0. The quantitative estimate of drug-likeness (QED) is 0.456. The van der Waals surface area contributed by atoms with Gasteiger partial charge in [0, 0.05) is 35.8 Å². The van der Waals surface area contributed by atoms with Crippen molar-refractivity contribution in [3.05, 3.63) is 48.5 Å². The first-order chi connectivity index (χ1) is 13.6. The van der Waals surface area contributed by atoms with Gasteiger partial charge in [-0.25, -0.2) is 4.21 Å². The van der Waals surface area contributed by atoms with E-state index in [0.717, 1.165) is 12.8 Å². The first-order valence-electron chi connectivity index (χ1n) is 9.79. The van der Waals surface area contributed by atoms with E-state index in [-0.39, 0.29) is 12.6 Å². The average Bonchev–Trinajstić information content (AvgIpc) is 2.73. The van der Waals surface area contributed by atoms with Crippen molar-refractivity contribution in [3.63, 3.8) is 0 Å². The largest absolute Gasteiger partial charge is 0.465 e. The van der Waals surface area contributed by atoms with Gasteiger partial charge in [0.1, 0.15) is 11.5 Å². The van der Waals surface area contributed by atoms with Gasteiger partial charge in [-0.05, 0) is 62.4 Å². The fraction of sp³-hybridized carbons (Fsp3) is 0.455. The zero-order valence-electron chi connectivity index (χ0n) is 17.1. The molecule has 0 aliphatic carbocycles. The van der Waals surface area contributed by atoms with Crippen LogP contribution < -0.4 is 9.47 Å². The number of rotatable bonds is 12. The highest BCUT2D eigenvalue weighted by Crippen LogP contribution is 2.23. The molecule has 2 aromatic rings. The van der Waals surface area contributed by atoms with E-state index in [4.69, 9.17) is 18.9 Å². The lowest BCUT2D eigenvalue weighted by Gasteiger charge is -2.17. The van der Waals surface area contributed by atoms with E-state index in [9.17, 15) is 4.21 Å². The molecule has 0 amide bonds. The third-order valence-corrected chi connectivity index (χ3v) is 5.38. The van der Waals surface area contributed by atoms with Gasteiger partial charge in [0.05, 0.1) is 10.8 Å². The highest BCUT2D eigenvalue weighted by Gasteiger charge is 2.12. The monoisotopic (exact) mass is 406 g/mol. The molecule has 0 N–H and O–H groups in total. The molecule has 0 aliphatic rings. The van der Waals surface area contributed by atoms with Crippen molar-refractivity contribution in [2.45, 2.75) is 62.9 Å². The van der Waals surface area contributed by atoms with E-state index in [2.05, 4.69) is 0 Å². The lowest BCUT2D eigenvalue weighted by molar-refractivity contribution is -0.0769. The molecule has 6 heteroatoms. The van der Waals surface area contributed by atoms with Crippen LogP contribution in [-0.2, 0) is 20.3 Å². The second-order valence-electron chi connectivity index (χ2n) is 6.03. The Kier molecular flexibility index (Phi) is 9.47. The zero-order chi connectivity index (χ0) is 20.4. The van der Waals surface area contributed by atoms with Gasteiger partial charge in [-0.15, -0.1) is 0 Å². The predicted octanol–water partition coefficient (Wildman–Crippen LogP) is 5.16. The van der Waals surface area contributed by atoms with Gasteiger partial charge in [-0.3, -0.25) is 0 Å². The summed E-state index contributed by atoms with van der Waals surface area (Å²) < 4.78 is 35.4. The first-order valence-corrected chi connectivity index (χ1v) is 10.9. The van der Waals surface area contributed by atoms with Crippen LogP contribution in [0, 0.1) is 0 Å². The standard InChI is InChI=1S/C22H30O5S/c1-5-21(24-7-3)26-17-9-13-19(14-10-17)28(23)20-15-11-18(12-16-20)27-22(6-2)25-8-4/h9-16,21-22H,5-8H2,1-4H3. The molecule has 2 unspecified atom stereocenters. The molecule has 0 bridgehead atoms. The fourth-order valence-corrected chi connectivity index (χ4v) is 3.60. The van der Waals surface area contributed by atoms with Crippen LogP contribution in [0.2, 0.25) is 0 Å². The van der Waals surface area contributed by atoms with E-state index in [1.54, 1.807) is 0 Å². The molecule has 0 heterocycles. The van der Waals surface area contributed by atoms with Crippen molar-refractivity contribution >= 4 is 10.8 Å². The van der Waals surface area contributed by atoms with Crippen LogP contribution in [0.25, 0.3) is 0 Å². The highest BCUT2D eigenvalue weighted by molar-refractivity contribution is 7.85. The van der Waals surface area contributed by atoms with E-state index in [1.165, 1.54) is 0 Å². The summed E-state index contributed by atoms with van der Waals surface area (Å²) in [5.41, 5.74) is 0. The van der Waals surface area contributed by atoms with Crippen molar-refractivity contribution in [3.8, 4) is 11.5 Å². The molecule has 2 atom stereocenters. The molecule has 28 heavy (non-hydrogen) atoms. The van der Waals surface area contributed by atoms with Gasteiger partial charge in [-0.2, -0.15) is 0 Å². The van der Waals surface area contributed by atoms with E-state index >= 15 is 0 Å². The summed E-state index contributed by atoms with van der Waals surface area (Å²) in [6, 6.07) is 14.5. The van der Waals surface area contributed by atoms with Crippen LogP contribution in [0.3, 0.4) is 0 Å². The Morgan fingerprint density at radius 1 is 0.679 bits per heavy atom. The van der Waals surface area contributed by atoms with Gasteiger partial charge < -0.3 is 18.9 Å². The first kappa shape index (κ1) is 22.4. The minimum Gasteiger partial charge on any atom is -0.465 e. The molecular formula is C22H30O5S. The van der Waals surface area contributed by atoms with Crippen molar-refractivity contribution in [1.82, 2.24) is 0 Å². The summed E-state index contributed by atoms with van der Waals surface area (Å²) in [6.45, 7) is 9.10. The maximum absolute atomic E-state index is 12.8. The second kappa shape index (κ2) is 11.8. The van der Waals surface area contributed by atoms with Crippen LogP contribution in [-0.4, -0.2) is 30.0 Å². The average molecular weight is 407 g/mol. The Morgan fingerprint density at radius 3 is 1.32 bits per heavy atom. The third kappa shape index (κ3) is 6.62. The van der Waals surface area contributed by atoms with Crippen molar-refractivity contribution < 1.29 is 23.2 Å². The summed E-state index contributed by atoms with van der Waals surface area (Å²) in [7, 11) is -1.27. The highest BCUT2D eigenvalue weighted by atomic mass is 32.2. The lowest BCUT2D eigenvalue weighted by Crippen LogP contribution is -2.19. The van der Waals surface area contributed by atoms with Crippen molar-refractivity contribution in [1.29, 1.82) is 0 Å². The Bertz CT molecular complexity index is 653. The summed E-state index contributed by atoms with van der Waals surface area (Å²) in [5.74, 6) is 1.40. The molecule has 2 rings (SSSR count). The number of benzene rings is 2. The minimum atomic E-state index is -1.27. The second-order valence-corrected chi connectivity index (χ2v) is 7.51. The van der Waals surface area contributed by atoms with Crippen molar-refractivity contribution in [2.24, 2.45) is 0 Å². The van der Waals surface area contributed by atoms with Gasteiger partial charge >= 0.3 is 0 Å². The third-order valence-electron chi connectivity index (χ3n) is 3.98. The minimum absolute atomic E-state index is 0.266. The molecule has 154 valence electrons. The van der Waals surface area contributed by atoms with Crippen LogP contribution in [0.15, 0.2) is 58.3 Å². The maximum atomic E-state index is 12.8. The van der Waals surface area contributed by atoms with E-state index < -0.39 is 10.8 Å². The Morgan fingerprint density at radius 2 is 1.04 bits per heavy atom. The van der Waals surface area contributed by atoms with Gasteiger partial charge in [0.25, 0.3) is 0 Å².